The van der Waals surface area contributed by atoms with Crippen molar-refractivity contribution in [1.29, 1.82) is 0 Å². The number of hydrogen-bond acceptors (Lipinski definition) is 1. The quantitative estimate of drug-likeness (QED) is 0.626. The summed E-state index contributed by atoms with van der Waals surface area (Å²) in [6, 6.07) is 6.99. The average Bonchev–Trinajstić information content (AvgIpc) is 2.05. The Morgan fingerprint density at radius 1 is 1.50 bits per heavy atom. The maximum absolute atomic E-state index is 12.9. The third-order valence-corrected chi connectivity index (χ3v) is 1.56. The molecule has 0 aromatic heterocycles. The van der Waals surface area contributed by atoms with Crippen molar-refractivity contribution in [2.24, 2.45) is 0 Å². The van der Waals surface area contributed by atoms with Gasteiger partial charge in [-0.15, -0.1) is 0 Å². The Morgan fingerprint density at radius 2 is 2.17 bits per heavy atom. The number of hydrogen-bond donors (Lipinski definition) is 0. The lowest BCUT2D eigenvalue weighted by Gasteiger charge is -2.07. The third kappa shape index (κ3) is 1.84. The third-order valence-electron chi connectivity index (χ3n) is 1.56. The van der Waals surface area contributed by atoms with Crippen molar-refractivity contribution in [1.82, 2.24) is 0 Å². The molecule has 0 fully saturated rings. The Labute approximate surface area is 71.5 Å². The lowest BCUT2D eigenvalue weighted by atomic mass is 10.1. The van der Waals surface area contributed by atoms with Crippen LogP contribution in [0.15, 0.2) is 37.1 Å². The van der Waals surface area contributed by atoms with Crippen LogP contribution < -0.4 is 4.74 Å². The van der Waals surface area contributed by atoms with Gasteiger partial charge in [0.2, 0.25) is 0 Å². The molecule has 0 radical (unpaired) electrons. The van der Waals surface area contributed by atoms with Crippen LogP contribution in [0.25, 0.3) is 0 Å². The zero-order valence-corrected chi connectivity index (χ0v) is 6.96. The molecule has 1 unspecified atom stereocenters. The lowest BCUT2D eigenvalue weighted by Crippen LogP contribution is -1.90. The molecule has 1 aromatic rings. The number of halogens is 1. The molecule has 0 bridgehead atoms. The van der Waals surface area contributed by atoms with Crippen LogP contribution in [0.3, 0.4) is 0 Å². The van der Waals surface area contributed by atoms with Gasteiger partial charge < -0.3 is 4.74 Å². The molecule has 12 heavy (non-hydrogen) atoms. The predicted molar refractivity (Wildman–Crippen MR) is 46.8 cm³/mol. The van der Waals surface area contributed by atoms with Gasteiger partial charge in [-0.3, -0.25) is 0 Å². The fourth-order valence-corrected chi connectivity index (χ4v) is 1.01. The number of alkyl halides is 1. The summed E-state index contributed by atoms with van der Waals surface area (Å²) in [7, 11) is 0. The molecule has 0 heterocycles. The van der Waals surface area contributed by atoms with Gasteiger partial charge in [-0.05, 0) is 13.0 Å². The first-order chi connectivity index (χ1) is 5.75. The highest BCUT2D eigenvalue weighted by Crippen LogP contribution is 2.26. The predicted octanol–water partition coefficient (Wildman–Crippen LogP) is 3.24. The summed E-state index contributed by atoms with van der Waals surface area (Å²) in [4.78, 5) is 0. The SMILES string of the molecule is C=COc1ccccc1C(C)F. The van der Waals surface area contributed by atoms with Crippen LogP contribution in [-0.4, -0.2) is 0 Å². The standard InChI is InChI=1S/C10H11FO/c1-3-12-10-7-5-4-6-9(10)8(2)11/h3-8H,1H2,2H3. The van der Waals surface area contributed by atoms with Crippen molar-refractivity contribution in [2.75, 3.05) is 0 Å². The number of rotatable bonds is 3. The highest BCUT2D eigenvalue weighted by molar-refractivity contribution is 5.35. The molecule has 0 spiro atoms. The topological polar surface area (TPSA) is 9.23 Å². The number of benzene rings is 1. The average molecular weight is 166 g/mol. The van der Waals surface area contributed by atoms with E-state index >= 15 is 0 Å². The first-order valence-electron chi connectivity index (χ1n) is 3.76. The Bertz CT molecular complexity index is 268. The maximum Gasteiger partial charge on any atom is 0.132 e. The minimum Gasteiger partial charge on any atom is -0.465 e. The molecule has 64 valence electrons. The Hall–Kier alpha value is -1.31. The van der Waals surface area contributed by atoms with E-state index in [9.17, 15) is 4.39 Å². The van der Waals surface area contributed by atoms with Crippen molar-refractivity contribution >= 4 is 0 Å². The second-order valence-corrected chi connectivity index (χ2v) is 2.44. The summed E-state index contributed by atoms with van der Waals surface area (Å²) in [5.74, 6) is 0.530. The zero-order valence-electron chi connectivity index (χ0n) is 6.96. The summed E-state index contributed by atoms with van der Waals surface area (Å²) in [5.41, 5.74) is 0.553. The molecule has 0 amide bonds. The smallest absolute Gasteiger partial charge is 0.132 e. The van der Waals surface area contributed by atoms with Gasteiger partial charge in [-0.25, -0.2) is 4.39 Å². The van der Waals surface area contributed by atoms with Crippen LogP contribution in [0.5, 0.6) is 5.75 Å². The van der Waals surface area contributed by atoms with Crippen LogP contribution in [0.1, 0.15) is 18.7 Å². The minimum absolute atomic E-state index is 0.530. The number of para-hydroxylation sites is 1. The van der Waals surface area contributed by atoms with Gasteiger partial charge in [0.1, 0.15) is 11.9 Å². The van der Waals surface area contributed by atoms with Gasteiger partial charge in [0.05, 0.1) is 6.26 Å². The molecule has 1 aromatic carbocycles. The van der Waals surface area contributed by atoms with Crippen LogP contribution in [0.2, 0.25) is 0 Å². The van der Waals surface area contributed by atoms with Gasteiger partial charge in [0.15, 0.2) is 0 Å². The molecule has 1 atom stereocenters. The fraction of sp³-hybridized carbons (Fsp3) is 0.200. The summed E-state index contributed by atoms with van der Waals surface area (Å²) in [6.45, 7) is 4.89. The van der Waals surface area contributed by atoms with Crippen molar-refractivity contribution in [3.05, 3.63) is 42.7 Å². The summed E-state index contributed by atoms with van der Waals surface area (Å²) in [6.07, 6.45) is 0.280. The lowest BCUT2D eigenvalue weighted by molar-refractivity contribution is 0.359. The molecule has 0 aliphatic heterocycles. The normalized spacial score (nSPS) is 12.2. The largest absolute Gasteiger partial charge is 0.465 e. The van der Waals surface area contributed by atoms with E-state index in [0.717, 1.165) is 0 Å². The van der Waals surface area contributed by atoms with E-state index in [-0.39, 0.29) is 0 Å². The van der Waals surface area contributed by atoms with Crippen molar-refractivity contribution < 1.29 is 9.13 Å². The van der Waals surface area contributed by atoms with E-state index in [1.807, 2.05) is 0 Å². The monoisotopic (exact) mass is 166 g/mol. The molecule has 0 saturated carbocycles. The first kappa shape index (κ1) is 8.78. The first-order valence-corrected chi connectivity index (χ1v) is 3.76. The molecular formula is C10H11FO. The summed E-state index contributed by atoms with van der Waals surface area (Å²) in [5, 5.41) is 0. The van der Waals surface area contributed by atoms with Crippen LogP contribution in [-0.2, 0) is 0 Å². The molecular weight excluding hydrogens is 155 g/mol. The van der Waals surface area contributed by atoms with E-state index in [0.29, 0.717) is 11.3 Å². The van der Waals surface area contributed by atoms with Gasteiger partial charge in [0.25, 0.3) is 0 Å². The number of ether oxygens (including phenoxy) is 1. The Balaban J connectivity index is 2.99. The van der Waals surface area contributed by atoms with Gasteiger partial charge in [-0.1, -0.05) is 24.8 Å². The van der Waals surface area contributed by atoms with Crippen LogP contribution in [0.4, 0.5) is 4.39 Å². The van der Waals surface area contributed by atoms with E-state index in [2.05, 4.69) is 6.58 Å². The second kappa shape index (κ2) is 3.90. The maximum atomic E-state index is 12.9. The zero-order chi connectivity index (χ0) is 8.97. The summed E-state index contributed by atoms with van der Waals surface area (Å²) >= 11 is 0. The summed E-state index contributed by atoms with van der Waals surface area (Å²) < 4.78 is 17.9. The van der Waals surface area contributed by atoms with Crippen molar-refractivity contribution in [2.45, 2.75) is 13.1 Å². The van der Waals surface area contributed by atoms with Crippen LogP contribution >= 0.6 is 0 Å². The molecule has 1 rings (SSSR count). The second-order valence-electron chi connectivity index (χ2n) is 2.44. The fourth-order valence-electron chi connectivity index (χ4n) is 1.01. The molecule has 0 saturated heterocycles. The van der Waals surface area contributed by atoms with E-state index in [1.54, 1.807) is 24.3 Å². The molecule has 0 aliphatic rings. The highest BCUT2D eigenvalue weighted by atomic mass is 19.1. The Kier molecular flexibility index (Phi) is 2.86. The van der Waals surface area contributed by atoms with Gasteiger partial charge in [-0.2, -0.15) is 0 Å². The van der Waals surface area contributed by atoms with Crippen molar-refractivity contribution in [3.63, 3.8) is 0 Å². The molecule has 0 N–H and O–H groups in total. The van der Waals surface area contributed by atoms with Gasteiger partial charge in [0, 0.05) is 5.56 Å². The molecule has 0 aliphatic carbocycles. The molecule has 1 nitrogen and oxygen atoms in total. The van der Waals surface area contributed by atoms with E-state index < -0.39 is 6.17 Å². The van der Waals surface area contributed by atoms with Crippen molar-refractivity contribution in [3.8, 4) is 5.75 Å². The Morgan fingerprint density at radius 3 is 2.75 bits per heavy atom. The molecule has 2 heteroatoms. The van der Waals surface area contributed by atoms with E-state index in [4.69, 9.17) is 4.74 Å². The van der Waals surface area contributed by atoms with Crippen LogP contribution in [0, 0.1) is 0 Å². The minimum atomic E-state index is -1.01. The van der Waals surface area contributed by atoms with Gasteiger partial charge >= 0.3 is 0 Å². The highest BCUT2D eigenvalue weighted by Gasteiger charge is 2.08. The van der Waals surface area contributed by atoms with E-state index in [1.165, 1.54) is 13.2 Å².